The molecule has 0 atom stereocenters. The molecule has 3 N–H and O–H groups in total. The average molecular weight is 326 g/mol. The summed E-state index contributed by atoms with van der Waals surface area (Å²) in [6, 6.07) is 8.91. The lowest BCUT2D eigenvalue weighted by atomic mass is 10.1. The lowest BCUT2D eigenvalue weighted by Gasteiger charge is -2.11. The summed E-state index contributed by atoms with van der Waals surface area (Å²) in [6.07, 6.45) is 0.646. The molecule has 7 heteroatoms. The molecule has 5 nitrogen and oxygen atoms in total. The van der Waals surface area contributed by atoms with Crippen molar-refractivity contribution in [2.45, 2.75) is 17.9 Å². The number of thiophene rings is 1. The van der Waals surface area contributed by atoms with E-state index in [4.69, 9.17) is 10.5 Å². The van der Waals surface area contributed by atoms with Gasteiger partial charge in [0.25, 0.3) is 10.0 Å². The summed E-state index contributed by atoms with van der Waals surface area (Å²) < 4.78 is 32.4. The Morgan fingerprint density at radius 2 is 2.10 bits per heavy atom. The highest BCUT2D eigenvalue weighted by atomic mass is 32.2. The number of sulfonamides is 1. The summed E-state index contributed by atoms with van der Waals surface area (Å²) in [5.74, 6) is 0. The molecule has 2 aromatic rings. The van der Waals surface area contributed by atoms with Gasteiger partial charge >= 0.3 is 0 Å². The molecule has 1 heterocycles. The lowest BCUT2D eigenvalue weighted by molar-refractivity contribution is 0.202. The van der Waals surface area contributed by atoms with E-state index in [1.807, 2.05) is 12.1 Å². The van der Waals surface area contributed by atoms with Crippen LogP contribution in [-0.4, -0.2) is 22.1 Å². The van der Waals surface area contributed by atoms with Crippen LogP contribution >= 0.6 is 11.3 Å². The summed E-state index contributed by atoms with van der Waals surface area (Å²) in [5, 5.41) is 1.60. The highest BCUT2D eigenvalue weighted by Crippen LogP contribution is 2.24. The third kappa shape index (κ3) is 4.04. The Labute approximate surface area is 128 Å². The van der Waals surface area contributed by atoms with E-state index in [-0.39, 0.29) is 4.90 Å². The molecule has 1 aromatic carbocycles. The van der Waals surface area contributed by atoms with Gasteiger partial charge in [-0.2, -0.15) is 0 Å². The SMILES string of the molecule is COCCc1ccccc1NS(=O)(=O)c1csc(CN)c1. The molecule has 0 aliphatic carbocycles. The van der Waals surface area contributed by atoms with Gasteiger partial charge in [0.2, 0.25) is 0 Å². The number of nitrogens with one attached hydrogen (secondary N) is 1. The fourth-order valence-corrected chi connectivity index (χ4v) is 4.12. The largest absolute Gasteiger partial charge is 0.384 e. The number of rotatable bonds is 7. The van der Waals surface area contributed by atoms with E-state index in [2.05, 4.69) is 4.72 Å². The number of nitrogens with two attached hydrogens (primary N) is 1. The Balaban J connectivity index is 2.24. The Hall–Kier alpha value is -1.41. The number of ether oxygens (including phenoxy) is 1. The van der Waals surface area contributed by atoms with Crippen LogP contribution in [-0.2, 0) is 27.7 Å². The van der Waals surface area contributed by atoms with Crippen LogP contribution in [0.1, 0.15) is 10.4 Å². The van der Waals surface area contributed by atoms with Gasteiger partial charge in [-0.3, -0.25) is 4.72 Å². The third-order valence-electron chi connectivity index (χ3n) is 2.98. The number of benzene rings is 1. The topological polar surface area (TPSA) is 81.4 Å². The van der Waals surface area contributed by atoms with Gasteiger partial charge in [0.15, 0.2) is 0 Å². The normalized spacial score (nSPS) is 11.5. The molecular formula is C14H18N2O3S2. The average Bonchev–Trinajstić information content (AvgIpc) is 2.96. The number of hydrogen-bond donors (Lipinski definition) is 2. The molecule has 0 amide bonds. The third-order valence-corrected chi connectivity index (χ3v) is 5.43. The van der Waals surface area contributed by atoms with E-state index in [1.165, 1.54) is 11.3 Å². The molecular weight excluding hydrogens is 308 g/mol. The second-order valence-corrected chi connectivity index (χ2v) is 7.14. The predicted octanol–water partition coefficient (Wildman–Crippen LogP) is 2.20. The summed E-state index contributed by atoms with van der Waals surface area (Å²) in [5.41, 5.74) is 7.00. The molecule has 0 aliphatic heterocycles. The maximum atomic E-state index is 12.4. The fraction of sp³-hybridized carbons (Fsp3) is 0.286. The van der Waals surface area contributed by atoms with E-state index in [0.29, 0.717) is 25.3 Å². The molecule has 1 aromatic heterocycles. The molecule has 0 saturated heterocycles. The highest BCUT2D eigenvalue weighted by molar-refractivity contribution is 7.92. The van der Waals surface area contributed by atoms with Crippen molar-refractivity contribution in [3.8, 4) is 0 Å². The molecule has 0 aliphatic rings. The molecule has 0 fully saturated rings. The smallest absolute Gasteiger partial charge is 0.262 e. The van der Waals surface area contributed by atoms with Crippen LogP contribution in [0, 0.1) is 0 Å². The van der Waals surface area contributed by atoms with Crippen molar-refractivity contribution in [3.05, 3.63) is 46.2 Å². The van der Waals surface area contributed by atoms with Crippen molar-refractivity contribution in [1.29, 1.82) is 0 Å². The Morgan fingerprint density at radius 3 is 2.76 bits per heavy atom. The van der Waals surface area contributed by atoms with Crippen molar-refractivity contribution in [3.63, 3.8) is 0 Å². The van der Waals surface area contributed by atoms with Crippen LogP contribution in [0.5, 0.6) is 0 Å². The zero-order chi connectivity index (χ0) is 15.3. The number of para-hydroxylation sites is 1. The minimum Gasteiger partial charge on any atom is -0.384 e. The predicted molar refractivity (Wildman–Crippen MR) is 85.0 cm³/mol. The van der Waals surface area contributed by atoms with Crippen LogP contribution in [0.15, 0.2) is 40.6 Å². The maximum absolute atomic E-state index is 12.4. The number of anilines is 1. The maximum Gasteiger partial charge on any atom is 0.262 e. The molecule has 0 spiro atoms. The van der Waals surface area contributed by atoms with Crippen molar-refractivity contribution in [1.82, 2.24) is 0 Å². The first-order valence-corrected chi connectivity index (χ1v) is 8.80. The molecule has 0 unspecified atom stereocenters. The number of hydrogen-bond acceptors (Lipinski definition) is 5. The van der Waals surface area contributed by atoms with Crippen molar-refractivity contribution < 1.29 is 13.2 Å². The zero-order valence-corrected chi connectivity index (χ0v) is 13.3. The summed E-state index contributed by atoms with van der Waals surface area (Å²) in [7, 11) is -1.97. The van der Waals surface area contributed by atoms with E-state index in [9.17, 15) is 8.42 Å². The quantitative estimate of drug-likeness (QED) is 0.817. The minimum absolute atomic E-state index is 0.245. The van der Waals surface area contributed by atoms with Crippen LogP contribution in [0.2, 0.25) is 0 Å². The first kappa shape index (κ1) is 16.0. The zero-order valence-electron chi connectivity index (χ0n) is 11.7. The fourth-order valence-electron chi connectivity index (χ4n) is 1.86. The van der Waals surface area contributed by atoms with Crippen molar-refractivity contribution in [2.24, 2.45) is 5.73 Å². The Bertz CT molecular complexity index is 696. The first-order valence-electron chi connectivity index (χ1n) is 6.44. The van der Waals surface area contributed by atoms with E-state index in [1.54, 1.807) is 30.7 Å². The minimum atomic E-state index is -3.59. The second kappa shape index (κ2) is 7.04. The van der Waals surface area contributed by atoms with E-state index in [0.717, 1.165) is 10.4 Å². The molecule has 114 valence electrons. The summed E-state index contributed by atoms with van der Waals surface area (Å²) in [4.78, 5) is 1.08. The van der Waals surface area contributed by atoms with Crippen molar-refractivity contribution in [2.75, 3.05) is 18.4 Å². The molecule has 2 rings (SSSR count). The number of methoxy groups -OCH3 is 1. The van der Waals surface area contributed by atoms with Crippen molar-refractivity contribution >= 4 is 27.0 Å². The first-order chi connectivity index (χ1) is 10.1. The van der Waals surface area contributed by atoms with Crippen LogP contribution < -0.4 is 10.5 Å². The van der Waals surface area contributed by atoms with Gasteiger partial charge in [0, 0.05) is 23.9 Å². The van der Waals surface area contributed by atoms with Crippen LogP contribution in [0.25, 0.3) is 0 Å². The van der Waals surface area contributed by atoms with Gasteiger partial charge in [0.05, 0.1) is 17.2 Å². The Morgan fingerprint density at radius 1 is 1.33 bits per heavy atom. The molecule has 0 radical (unpaired) electrons. The van der Waals surface area contributed by atoms with Gasteiger partial charge in [-0.1, -0.05) is 18.2 Å². The van der Waals surface area contributed by atoms with Gasteiger partial charge in [-0.15, -0.1) is 11.3 Å². The standard InChI is InChI=1S/C14H18N2O3S2/c1-19-7-6-11-4-2-3-5-14(11)16-21(17,18)13-8-12(9-15)20-10-13/h2-5,8,10,16H,6-7,9,15H2,1H3. The summed E-state index contributed by atoms with van der Waals surface area (Å²) in [6.45, 7) is 0.874. The van der Waals surface area contributed by atoms with E-state index >= 15 is 0 Å². The van der Waals surface area contributed by atoms with Gasteiger partial charge in [0.1, 0.15) is 0 Å². The molecule has 21 heavy (non-hydrogen) atoms. The van der Waals surface area contributed by atoms with E-state index < -0.39 is 10.0 Å². The van der Waals surface area contributed by atoms with Crippen LogP contribution in [0.3, 0.4) is 0 Å². The van der Waals surface area contributed by atoms with Crippen LogP contribution in [0.4, 0.5) is 5.69 Å². The van der Waals surface area contributed by atoms with Gasteiger partial charge in [-0.05, 0) is 24.1 Å². The highest BCUT2D eigenvalue weighted by Gasteiger charge is 2.17. The van der Waals surface area contributed by atoms with Gasteiger partial charge < -0.3 is 10.5 Å². The van der Waals surface area contributed by atoms with Gasteiger partial charge in [-0.25, -0.2) is 8.42 Å². The molecule has 0 saturated carbocycles. The second-order valence-electron chi connectivity index (χ2n) is 4.46. The summed E-state index contributed by atoms with van der Waals surface area (Å²) >= 11 is 1.34. The molecule has 0 bridgehead atoms. The Kier molecular flexibility index (Phi) is 5.35. The monoisotopic (exact) mass is 326 g/mol. The lowest BCUT2D eigenvalue weighted by Crippen LogP contribution is -2.14.